The molecular weight excluding hydrogens is 458 g/mol. The van der Waals surface area contributed by atoms with E-state index in [4.69, 9.17) is 0 Å². The van der Waals surface area contributed by atoms with Crippen LogP contribution in [0.25, 0.3) is 0 Å². The summed E-state index contributed by atoms with van der Waals surface area (Å²) in [7, 11) is 0. The number of pyridine rings is 1. The minimum Gasteiger partial charge on any atom is -0.380 e. The second kappa shape index (κ2) is 9.94. The Kier molecular flexibility index (Phi) is 7.51. The number of hydrazone groups is 1. The summed E-state index contributed by atoms with van der Waals surface area (Å²) in [5, 5.41) is 10.6. The number of allylic oxidation sites excluding steroid dienone is 2. The number of nitrogens with one attached hydrogen (secondary N) is 3. The molecule has 31 heavy (non-hydrogen) atoms. The number of hydrogen-bond donors (Lipinski definition) is 3. The highest BCUT2D eigenvalue weighted by Gasteiger charge is 2.56. The van der Waals surface area contributed by atoms with Crippen LogP contribution < -0.4 is 16.1 Å². The number of nitrogens with zero attached hydrogens (tertiary/aromatic N) is 2. The maximum atomic E-state index is 12.3. The van der Waals surface area contributed by atoms with Crippen LogP contribution in [0.1, 0.15) is 46.1 Å². The fourth-order valence-corrected chi connectivity index (χ4v) is 5.10. The number of fused-ring (bicyclic) bond motifs is 2. The molecule has 0 radical (unpaired) electrons. The highest BCUT2D eigenvalue weighted by molar-refractivity contribution is 9.12. The number of halogens is 1. The van der Waals surface area contributed by atoms with Gasteiger partial charge in [0.1, 0.15) is 6.04 Å². The van der Waals surface area contributed by atoms with Crippen LogP contribution in [0.3, 0.4) is 0 Å². The van der Waals surface area contributed by atoms with Gasteiger partial charge in [0.2, 0.25) is 5.91 Å². The van der Waals surface area contributed by atoms with E-state index in [-0.39, 0.29) is 5.91 Å². The summed E-state index contributed by atoms with van der Waals surface area (Å²) in [6.07, 6.45) is 8.10. The number of carbonyl (C=O) groups is 2. The average Bonchev–Trinajstić information content (AvgIpc) is 2.77. The average molecular weight is 490 g/mol. The van der Waals surface area contributed by atoms with Gasteiger partial charge in [-0.25, -0.2) is 0 Å². The van der Waals surface area contributed by atoms with Gasteiger partial charge in [-0.05, 0) is 76.6 Å². The smallest absolute Gasteiger partial charge is 0.244 e. The Morgan fingerprint density at radius 3 is 2.68 bits per heavy atom. The SMILES string of the molecule is CC(N/N=C\C(N[C@@H]1C[C@@H]2C[C@H]([C@H]1C)C2(C)C)=C(\Br)C=O)C(=O)NCc1ccncc1. The van der Waals surface area contributed by atoms with Gasteiger partial charge in [0, 0.05) is 25.0 Å². The minimum absolute atomic E-state index is 0.162. The Hall–Kier alpha value is -2.22. The molecule has 3 fully saturated rings. The molecule has 5 atom stereocenters. The topological polar surface area (TPSA) is 95.5 Å². The molecule has 0 saturated heterocycles. The van der Waals surface area contributed by atoms with E-state index in [0.717, 1.165) is 18.3 Å². The predicted molar refractivity (Wildman–Crippen MR) is 125 cm³/mol. The monoisotopic (exact) mass is 489 g/mol. The molecule has 0 spiro atoms. The molecule has 0 aliphatic heterocycles. The lowest BCUT2D eigenvalue weighted by Gasteiger charge is -2.62. The third kappa shape index (κ3) is 5.34. The first-order valence-corrected chi connectivity index (χ1v) is 11.6. The van der Waals surface area contributed by atoms with Gasteiger partial charge in [-0.2, -0.15) is 5.10 Å². The Bertz CT molecular complexity index is 855. The van der Waals surface area contributed by atoms with Crippen molar-refractivity contribution in [1.82, 2.24) is 21.0 Å². The third-order valence-corrected chi connectivity index (χ3v) is 7.74. The van der Waals surface area contributed by atoms with Gasteiger partial charge in [0.15, 0.2) is 6.29 Å². The van der Waals surface area contributed by atoms with Crippen LogP contribution >= 0.6 is 15.9 Å². The molecule has 4 rings (SSSR count). The lowest BCUT2D eigenvalue weighted by molar-refractivity contribution is -0.122. The molecule has 3 aliphatic carbocycles. The summed E-state index contributed by atoms with van der Waals surface area (Å²) in [6, 6.07) is 3.49. The second-order valence-corrected chi connectivity index (χ2v) is 10.1. The van der Waals surface area contributed by atoms with Crippen molar-refractivity contribution in [3.05, 3.63) is 40.3 Å². The van der Waals surface area contributed by atoms with E-state index in [1.165, 1.54) is 6.42 Å². The maximum Gasteiger partial charge on any atom is 0.244 e. The summed E-state index contributed by atoms with van der Waals surface area (Å²) in [5.41, 5.74) is 4.85. The molecular formula is C23H32BrN5O2. The maximum absolute atomic E-state index is 12.3. The first-order chi connectivity index (χ1) is 14.7. The van der Waals surface area contributed by atoms with Crippen molar-refractivity contribution < 1.29 is 9.59 Å². The number of amides is 1. The predicted octanol–water partition coefficient (Wildman–Crippen LogP) is 3.13. The second-order valence-electron chi connectivity index (χ2n) is 9.27. The van der Waals surface area contributed by atoms with Crippen molar-refractivity contribution in [2.24, 2.45) is 28.3 Å². The van der Waals surface area contributed by atoms with Gasteiger partial charge < -0.3 is 10.6 Å². The summed E-state index contributed by atoms with van der Waals surface area (Å²) in [5.74, 6) is 1.76. The molecule has 7 nitrogen and oxygen atoms in total. The number of aromatic nitrogens is 1. The number of rotatable bonds is 9. The molecule has 1 aromatic rings. The summed E-state index contributed by atoms with van der Waals surface area (Å²) >= 11 is 3.33. The van der Waals surface area contributed by atoms with E-state index in [9.17, 15) is 9.59 Å². The number of carbonyl (C=O) groups excluding carboxylic acids is 2. The van der Waals surface area contributed by atoms with Crippen LogP contribution in [-0.2, 0) is 16.1 Å². The van der Waals surface area contributed by atoms with Crippen molar-refractivity contribution >= 4 is 34.3 Å². The molecule has 3 aliphatic rings. The lowest BCUT2D eigenvalue weighted by atomic mass is 9.45. The fraction of sp³-hybridized carbons (Fsp3) is 0.565. The molecule has 2 bridgehead atoms. The molecule has 1 amide bonds. The largest absolute Gasteiger partial charge is 0.380 e. The molecule has 3 saturated carbocycles. The quantitative estimate of drug-likeness (QED) is 0.214. The number of hydrogen-bond acceptors (Lipinski definition) is 6. The molecule has 1 unspecified atom stereocenters. The summed E-state index contributed by atoms with van der Waals surface area (Å²) in [4.78, 5) is 27.6. The van der Waals surface area contributed by atoms with Gasteiger partial charge in [-0.3, -0.25) is 20.0 Å². The van der Waals surface area contributed by atoms with Gasteiger partial charge in [0.05, 0.1) is 16.4 Å². The molecule has 1 aromatic heterocycles. The van der Waals surface area contributed by atoms with Crippen molar-refractivity contribution in [1.29, 1.82) is 0 Å². The molecule has 168 valence electrons. The Balaban J connectivity index is 1.54. The van der Waals surface area contributed by atoms with E-state index in [1.807, 2.05) is 12.1 Å². The normalized spacial score (nSPS) is 28.2. The minimum atomic E-state index is -0.517. The van der Waals surface area contributed by atoms with Crippen molar-refractivity contribution in [2.45, 2.75) is 59.2 Å². The van der Waals surface area contributed by atoms with Gasteiger partial charge in [-0.15, -0.1) is 0 Å². The van der Waals surface area contributed by atoms with Crippen LogP contribution in [-0.4, -0.2) is 35.5 Å². The van der Waals surface area contributed by atoms with E-state index >= 15 is 0 Å². The van der Waals surface area contributed by atoms with Crippen molar-refractivity contribution in [3.63, 3.8) is 0 Å². The zero-order valence-electron chi connectivity index (χ0n) is 18.6. The van der Waals surface area contributed by atoms with E-state index in [2.05, 4.69) is 62.8 Å². The Labute approximate surface area is 192 Å². The standard InChI is InChI=1S/C23H32BrN5O2/c1-14-18-9-17(23(18,3)4)10-20(14)28-21(19(24)13-30)12-27-29-15(2)22(31)26-11-16-5-7-25-8-6-16/h5-8,12-15,17-18,20,28-29H,9-11H2,1-4H3,(H,26,31)/b21-19-,27-12-/t14-,15?,17+,18-,20-/m1/s1. The van der Waals surface area contributed by atoms with Crippen LogP contribution in [0.4, 0.5) is 0 Å². The van der Waals surface area contributed by atoms with E-state index in [0.29, 0.717) is 45.9 Å². The van der Waals surface area contributed by atoms with E-state index in [1.54, 1.807) is 25.5 Å². The zero-order valence-corrected chi connectivity index (χ0v) is 20.1. The molecule has 1 heterocycles. The summed E-state index contributed by atoms with van der Waals surface area (Å²) < 4.78 is 0.415. The van der Waals surface area contributed by atoms with Crippen LogP contribution in [0.5, 0.6) is 0 Å². The van der Waals surface area contributed by atoms with Crippen molar-refractivity contribution in [2.75, 3.05) is 0 Å². The highest BCUT2D eigenvalue weighted by atomic mass is 79.9. The molecule has 3 N–H and O–H groups in total. The molecule has 0 aromatic carbocycles. The zero-order chi connectivity index (χ0) is 22.6. The van der Waals surface area contributed by atoms with Gasteiger partial charge >= 0.3 is 0 Å². The Morgan fingerprint density at radius 2 is 2.06 bits per heavy atom. The first-order valence-electron chi connectivity index (χ1n) is 10.8. The summed E-state index contributed by atoms with van der Waals surface area (Å²) in [6.45, 7) is 9.19. The van der Waals surface area contributed by atoms with Crippen LogP contribution in [0, 0.1) is 23.2 Å². The van der Waals surface area contributed by atoms with Crippen LogP contribution in [0.15, 0.2) is 39.8 Å². The fourth-order valence-electron chi connectivity index (χ4n) is 4.89. The van der Waals surface area contributed by atoms with E-state index < -0.39 is 6.04 Å². The molecule has 8 heteroatoms. The Morgan fingerprint density at radius 1 is 1.35 bits per heavy atom. The van der Waals surface area contributed by atoms with Crippen LogP contribution in [0.2, 0.25) is 0 Å². The number of aldehydes is 1. The third-order valence-electron chi connectivity index (χ3n) is 7.13. The van der Waals surface area contributed by atoms with Crippen molar-refractivity contribution in [3.8, 4) is 0 Å². The van der Waals surface area contributed by atoms with Gasteiger partial charge in [-0.1, -0.05) is 20.8 Å². The van der Waals surface area contributed by atoms with Gasteiger partial charge in [0.25, 0.3) is 0 Å². The first kappa shape index (κ1) is 23.4. The highest BCUT2D eigenvalue weighted by Crippen LogP contribution is 2.61. The lowest BCUT2D eigenvalue weighted by Crippen LogP contribution is -2.59.